The summed E-state index contributed by atoms with van der Waals surface area (Å²) in [6, 6.07) is 11.8. The molecular weight excluding hydrogens is 364 g/mol. The van der Waals surface area contributed by atoms with Gasteiger partial charge in [-0.15, -0.1) is 0 Å². The second kappa shape index (κ2) is 8.19. The predicted molar refractivity (Wildman–Crippen MR) is 106 cm³/mol. The number of ether oxygens (including phenoxy) is 2. The predicted octanol–water partition coefficient (Wildman–Crippen LogP) is 3.61. The molecule has 0 bridgehead atoms. The van der Waals surface area contributed by atoms with E-state index in [2.05, 4.69) is 17.4 Å². The summed E-state index contributed by atoms with van der Waals surface area (Å²) in [6.07, 6.45) is 2.20. The van der Waals surface area contributed by atoms with E-state index in [1.54, 1.807) is 4.90 Å². The number of carbonyl (C=O) groups excluding carboxylic acids is 1. The minimum Gasteiger partial charge on any atom is -0.490 e. The number of nitrogens with one attached hydrogen (secondary N) is 1. The maximum atomic E-state index is 12.7. The third-order valence-corrected chi connectivity index (χ3v) is 5.43. The van der Waals surface area contributed by atoms with Gasteiger partial charge in [-0.3, -0.25) is 4.90 Å². The molecule has 0 fully saturated rings. The Bertz CT molecular complexity index is 840. The second-order valence-electron chi connectivity index (χ2n) is 6.79. The Balaban J connectivity index is 1.46. The molecule has 2 aromatic carbocycles. The monoisotopic (exact) mass is 386 g/mol. The van der Waals surface area contributed by atoms with Gasteiger partial charge in [-0.2, -0.15) is 0 Å². The fraction of sp³-hybridized carbons (Fsp3) is 0.381. The maximum Gasteiger partial charge on any atom is 0.414 e. The number of amides is 1. The fourth-order valence-electron chi connectivity index (χ4n) is 3.60. The fourth-order valence-corrected chi connectivity index (χ4v) is 3.83. The molecule has 0 aromatic heterocycles. The van der Waals surface area contributed by atoms with Crippen LogP contribution in [0.3, 0.4) is 0 Å². The van der Waals surface area contributed by atoms with Crippen LogP contribution in [0.4, 0.5) is 10.5 Å². The summed E-state index contributed by atoms with van der Waals surface area (Å²) in [5, 5.41) is 4.11. The van der Waals surface area contributed by atoms with Crippen molar-refractivity contribution in [2.24, 2.45) is 0 Å². The molecule has 0 atom stereocenters. The first-order chi connectivity index (χ1) is 13.2. The van der Waals surface area contributed by atoms with Gasteiger partial charge < -0.3 is 14.8 Å². The number of hydrogen-bond donors (Lipinski definition) is 1. The molecule has 142 valence electrons. The zero-order chi connectivity index (χ0) is 18.6. The third-order valence-electron chi connectivity index (χ3n) is 5.06. The first-order valence-corrected chi connectivity index (χ1v) is 9.77. The van der Waals surface area contributed by atoms with Gasteiger partial charge in [0.05, 0.1) is 18.8 Å². The summed E-state index contributed by atoms with van der Waals surface area (Å²) in [6.45, 7) is 3.19. The lowest BCUT2D eigenvalue weighted by molar-refractivity contribution is 0.151. The van der Waals surface area contributed by atoms with Gasteiger partial charge in [0.15, 0.2) is 0 Å². The molecule has 2 aliphatic heterocycles. The zero-order valence-electron chi connectivity index (χ0n) is 15.2. The van der Waals surface area contributed by atoms with Crippen molar-refractivity contribution in [1.82, 2.24) is 5.32 Å². The van der Waals surface area contributed by atoms with Gasteiger partial charge in [-0.05, 0) is 60.8 Å². The molecule has 4 rings (SSSR count). The highest BCUT2D eigenvalue weighted by Gasteiger charge is 2.26. The Kier molecular flexibility index (Phi) is 5.50. The van der Waals surface area contributed by atoms with Crippen molar-refractivity contribution >= 4 is 23.4 Å². The Morgan fingerprint density at radius 2 is 1.96 bits per heavy atom. The van der Waals surface area contributed by atoms with Crippen LogP contribution in [-0.4, -0.2) is 38.9 Å². The van der Waals surface area contributed by atoms with E-state index in [1.807, 2.05) is 24.3 Å². The van der Waals surface area contributed by atoms with Gasteiger partial charge in [0, 0.05) is 11.4 Å². The Labute approximate surface area is 164 Å². The Morgan fingerprint density at radius 1 is 1.19 bits per heavy atom. The largest absolute Gasteiger partial charge is 0.490 e. The van der Waals surface area contributed by atoms with Crippen molar-refractivity contribution in [3.63, 3.8) is 0 Å². The summed E-state index contributed by atoms with van der Waals surface area (Å²) in [4.78, 5) is 14.4. The molecule has 0 radical (unpaired) electrons. The average molecular weight is 387 g/mol. The maximum absolute atomic E-state index is 12.7. The molecule has 2 aromatic rings. The number of carbonyl (C=O) groups is 1. The van der Waals surface area contributed by atoms with Gasteiger partial charge in [-0.25, -0.2) is 4.79 Å². The minimum absolute atomic E-state index is 0.296. The number of hydrogen-bond acceptors (Lipinski definition) is 4. The van der Waals surface area contributed by atoms with Crippen molar-refractivity contribution < 1.29 is 14.3 Å². The highest BCUT2D eigenvalue weighted by Crippen LogP contribution is 2.35. The number of anilines is 1. The van der Waals surface area contributed by atoms with E-state index in [-0.39, 0.29) is 6.09 Å². The SMILES string of the molecule is O=C(OCCc1ccccc1Cl)N1CCOc2cc3c(cc21)CCNCC3. The molecule has 2 heterocycles. The van der Waals surface area contributed by atoms with E-state index in [1.165, 1.54) is 11.1 Å². The van der Waals surface area contributed by atoms with Crippen LogP contribution < -0.4 is 15.0 Å². The Morgan fingerprint density at radius 3 is 2.78 bits per heavy atom. The van der Waals surface area contributed by atoms with E-state index in [4.69, 9.17) is 21.1 Å². The summed E-state index contributed by atoms with van der Waals surface area (Å²) in [5.74, 6) is 0.768. The van der Waals surface area contributed by atoms with Crippen LogP contribution in [0.15, 0.2) is 36.4 Å². The molecule has 5 nitrogen and oxygen atoms in total. The topological polar surface area (TPSA) is 50.8 Å². The number of rotatable bonds is 3. The van der Waals surface area contributed by atoms with Gasteiger partial charge in [0.1, 0.15) is 12.4 Å². The lowest BCUT2D eigenvalue weighted by Crippen LogP contribution is -2.38. The zero-order valence-corrected chi connectivity index (χ0v) is 15.9. The lowest BCUT2D eigenvalue weighted by Gasteiger charge is -2.30. The smallest absolute Gasteiger partial charge is 0.414 e. The van der Waals surface area contributed by atoms with Gasteiger partial charge in [0.2, 0.25) is 0 Å². The van der Waals surface area contributed by atoms with Crippen LogP contribution >= 0.6 is 11.6 Å². The van der Waals surface area contributed by atoms with Crippen molar-refractivity contribution in [3.05, 3.63) is 58.1 Å². The molecule has 0 aliphatic carbocycles. The standard InChI is InChI=1S/C21H23ClN2O3/c22-18-4-2-1-3-15(18)7-11-27-21(25)24-10-12-26-20-14-17-6-9-23-8-5-16(17)13-19(20)24/h1-4,13-14,23H,5-12H2. The van der Waals surface area contributed by atoms with Crippen LogP contribution in [0.1, 0.15) is 16.7 Å². The first-order valence-electron chi connectivity index (χ1n) is 9.39. The van der Waals surface area contributed by atoms with Crippen molar-refractivity contribution in [3.8, 4) is 5.75 Å². The van der Waals surface area contributed by atoms with Crippen LogP contribution in [0.25, 0.3) is 0 Å². The van der Waals surface area contributed by atoms with Gasteiger partial charge in [0.25, 0.3) is 0 Å². The minimum atomic E-state index is -0.335. The van der Waals surface area contributed by atoms with Gasteiger partial charge in [-0.1, -0.05) is 29.8 Å². The second-order valence-corrected chi connectivity index (χ2v) is 7.20. The Hall–Kier alpha value is -2.24. The van der Waals surface area contributed by atoms with Gasteiger partial charge >= 0.3 is 6.09 Å². The van der Waals surface area contributed by atoms with Crippen LogP contribution in [0.5, 0.6) is 5.75 Å². The molecule has 1 N–H and O–H groups in total. The highest BCUT2D eigenvalue weighted by atomic mass is 35.5. The number of fused-ring (bicyclic) bond motifs is 2. The molecule has 0 unspecified atom stereocenters. The summed E-state index contributed by atoms with van der Waals surface area (Å²) < 4.78 is 11.3. The third kappa shape index (κ3) is 4.04. The van der Waals surface area contributed by atoms with Crippen molar-refractivity contribution in [2.45, 2.75) is 19.3 Å². The van der Waals surface area contributed by atoms with E-state index >= 15 is 0 Å². The average Bonchev–Trinajstić information content (AvgIpc) is 2.92. The molecule has 27 heavy (non-hydrogen) atoms. The summed E-state index contributed by atoms with van der Waals surface area (Å²) >= 11 is 6.16. The normalized spacial score (nSPS) is 16.0. The number of nitrogens with zero attached hydrogens (tertiary/aromatic N) is 1. The number of benzene rings is 2. The van der Waals surface area contributed by atoms with Crippen LogP contribution in [0, 0.1) is 0 Å². The molecule has 0 saturated carbocycles. The van der Waals surface area contributed by atoms with Crippen molar-refractivity contribution in [1.29, 1.82) is 0 Å². The van der Waals surface area contributed by atoms with Crippen LogP contribution in [0.2, 0.25) is 5.02 Å². The van der Waals surface area contributed by atoms with Crippen molar-refractivity contribution in [2.75, 3.05) is 37.7 Å². The summed E-state index contributed by atoms with van der Waals surface area (Å²) in [5.41, 5.74) is 4.36. The highest BCUT2D eigenvalue weighted by molar-refractivity contribution is 6.31. The van der Waals surface area contributed by atoms with E-state index < -0.39 is 0 Å². The molecular formula is C21H23ClN2O3. The summed E-state index contributed by atoms with van der Waals surface area (Å²) in [7, 11) is 0. The molecule has 2 aliphatic rings. The molecule has 0 saturated heterocycles. The van der Waals surface area contributed by atoms with E-state index in [0.29, 0.717) is 31.2 Å². The molecule has 0 spiro atoms. The first kappa shape index (κ1) is 18.1. The van der Waals surface area contributed by atoms with E-state index in [9.17, 15) is 4.79 Å². The lowest BCUT2D eigenvalue weighted by atomic mass is 10.0. The quantitative estimate of drug-likeness (QED) is 0.875. The van der Waals surface area contributed by atoms with E-state index in [0.717, 1.165) is 42.9 Å². The number of halogens is 1. The molecule has 1 amide bonds. The van der Waals surface area contributed by atoms with Crippen LogP contribution in [-0.2, 0) is 24.0 Å². The molecule has 6 heteroatoms.